The standard InChI is InChI=1S/C26H35N3O9/c1-4-12-26(14-19(29-38-26)24(16(2)3)28-21(31)10-11-22(32)33)25(36)27-18(13-23(34)35)20(30)15-37-17-8-6-5-7-9-17/h5-9,16,18,24H,4,10-15H2,1-3H3,(H,27,36)(H,28,31)(H,32,33)(H,34,35)/t18-,24-,26?/m0/s1. The minimum Gasteiger partial charge on any atom is -0.486 e. The van der Waals surface area contributed by atoms with Gasteiger partial charge in [0.1, 0.15) is 18.4 Å². The Labute approximate surface area is 220 Å². The van der Waals surface area contributed by atoms with E-state index in [0.29, 0.717) is 17.9 Å². The van der Waals surface area contributed by atoms with Crippen molar-refractivity contribution < 1.29 is 43.8 Å². The summed E-state index contributed by atoms with van der Waals surface area (Å²) in [5.41, 5.74) is -1.11. The molecule has 1 heterocycles. The van der Waals surface area contributed by atoms with Crippen LogP contribution >= 0.6 is 0 Å². The van der Waals surface area contributed by atoms with Gasteiger partial charge in [0.05, 0.1) is 24.6 Å². The number of carbonyl (C=O) groups excluding carboxylic acids is 3. The largest absolute Gasteiger partial charge is 0.486 e. The molecular formula is C26H35N3O9. The van der Waals surface area contributed by atoms with Crippen molar-refractivity contribution in [2.24, 2.45) is 11.1 Å². The number of ketones is 1. The van der Waals surface area contributed by atoms with E-state index in [9.17, 15) is 29.1 Å². The van der Waals surface area contributed by atoms with Crippen LogP contribution in [0.5, 0.6) is 5.75 Å². The molecule has 1 aliphatic rings. The van der Waals surface area contributed by atoms with Crippen LogP contribution in [-0.2, 0) is 28.8 Å². The fourth-order valence-corrected chi connectivity index (χ4v) is 4.03. The Hall–Kier alpha value is -3.96. The zero-order valence-corrected chi connectivity index (χ0v) is 21.8. The van der Waals surface area contributed by atoms with Crippen LogP contribution < -0.4 is 15.4 Å². The highest BCUT2D eigenvalue weighted by Crippen LogP contribution is 2.32. The second-order valence-corrected chi connectivity index (χ2v) is 9.47. The highest BCUT2D eigenvalue weighted by molar-refractivity contribution is 6.01. The van der Waals surface area contributed by atoms with Crippen molar-refractivity contribution in [2.45, 2.75) is 77.0 Å². The summed E-state index contributed by atoms with van der Waals surface area (Å²) in [6, 6.07) is 6.53. The van der Waals surface area contributed by atoms with Crippen molar-refractivity contribution in [3.8, 4) is 5.75 Å². The third-order valence-corrected chi connectivity index (χ3v) is 5.98. The number of nitrogens with one attached hydrogen (secondary N) is 2. The molecular weight excluding hydrogens is 498 g/mol. The highest BCUT2D eigenvalue weighted by atomic mass is 16.7. The second-order valence-electron chi connectivity index (χ2n) is 9.47. The number of nitrogens with zero attached hydrogens (tertiary/aromatic N) is 1. The van der Waals surface area contributed by atoms with E-state index in [2.05, 4.69) is 15.8 Å². The summed E-state index contributed by atoms with van der Waals surface area (Å²) in [6.07, 6.45) is -0.442. The molecule has 0 saturated carbocycles. The molecule has 0 saturated heterocycles. The summed E-state index contributed by atoms with van der Waals surface area (Å²) in [7, 11) is 0. The minimum absolute atomic E-state index is 0.00320. The smallest absolute Gasteiger partial charge is 0.305 e. The lowest BCUT2D eigenvalue weighted by molar-refractivity contribution is -0.148. The van der Waals surface area contributed by atoms with Crippen LogP contribution in [0, 0.1) is 5.92 Å². The van der Waals surface area contributed by atoms with E-state index in [4.69, 9.17) is 14.7 Å². The summed E-state index contributed by atoms with van der Waals surface area (Å²) < 4.78 is 5.43. The molecule has 1 aromatic carbocycles. The molecule has 2 rings (SSSR count). The minimum atomic E-state index is -1.50. The van der Waals surface area contributed by atoms with Gasteiger partial charge in [-0.2, -0.15) is 0 Å². The first kappa shape index (κ1) is 30.3. The van der Waals surface area contributed by atoms with Crippen molar-refractivity contribution in [1.82, 2.24) is 10.6 Å². The molecule has 1 unspecified atom stereocenters. The Morgan fingerprint density at radius 1 is 1.05 bits per heavy atom. The van der Waals surface area contributed by atoms with Gasteiger partial charge in [-0.15, -0.1) is 0 Å². The first-order valence-electron chi connectivity index (χ1n) is 12.5. The average molecular weight is 534 g/mol. The molecule has 0 bridgehead atoms. The lowest BCUT2D eigenvalue weighted by Crippen LogP contribution is -2.54. The number of para-hydroxylation sites is 1. The van der Waals surface area contributed by atoms with Gasteiger partial charge >= 0.3 is 11.9 Å². The van der Waals surface area contributed by atoms with E-state index in [1.54, 1.807) is 30.3 Å². The molecule has 1 aliphatic heterocycles. The van der Waals surface area contributed by atoms with Crippen LogP contribution in [-0.4, -0.2) is 69.8 Å². The van der Waals surface area contributed by atoms with Gasteiger partial charge in [-0.3, -0.25) is 24.0 Å². The molecule has 3 atom stereocenters. The predicted molar refractivity (Wildman–Crippen MR) is 136 cm³/mol. The summed E-state index contributed by atoms with van der Waals surface area (Å²) in [6.45, 7) is 5.05. The SMILES string of the molecule is CCCC1(C(=O)N[C@@H](CC(=O)O)C(=O)COc2ccccc2)CC([C@@H](NC(=O)CCC(=O)O)C(C)C)=NO1. The molecule has 38 heavy (non-hydrogen) atoms. The fraction of sp³-hybridized carbons (Fsp3) is 0.538. The number of carbonyl (C=O) groups is 5. The maximum atomic E-state index is 13.4. The predicted octanol–water partition coefficient (Wildman–Crippen LogP) is 1.91. The Bertz CT molecular complexity index is 1040. The molecule has 0 aromatic heterocycles. The zero-order valence-electron chi connectivity index (χ0n) is 21.8. The van der Waals surface area contributed by atoms with Crippen molar-refractivity contribution in [3.05, 3.63) is 30.3 Å². The van der Waals surface area contributed by atoms with E-state index in [-0.39, 0.29) is 31.6 Å². The molecule has 1 aromatic rings. The third kappa shape index (κ3) is 8.86. The highest BCUT2D eigenvalue weighted by Gasteiger charge is 2.48. The number of hydrogen-bond donors (Lipinski definition) is 4. The summed E-state index contributed by atoms with van der Waals surface area (Å²) >= 11 is 0. The Kier molecular flexibility index (Phi) is 11.2. The second kappa shape index (κ2) is 14.1. The molecule has 0 aliphatic carbocycles. The number of aliphatic carboxylic acids is 2. The van der Waals surface area contributed by atoms with Crippen molar-refractivity contribution in [3.63, 3.8) is 0 Å². The van der Waals surface area contributed by atoms with Gasteiger partial charge in [-0.25, -0.2) is 0 Å². The van der Waals surface area contributed by atoms with Crippen LogP contribution in [0.15, 0.2) is 35.5 Å². The third-order valence-electron chi connectivity index (χ3n) is 5.98. The molecule has 4 N–H and O–H groups in total. The first-order chi connectivity index (χ1) is 18.0. The van der Waals surface area contributed by atoms with Gasteiger partial charge in [0, 0.05) is 12.8 Å². The number of amides is 2. The summed E-state index contributed by atoms with van der Waals surface area (Å²) in [5, 5.41) is 27.5. The van der Waals surface area contributed by atoms with Gasteiger partial charge in [-0.05, 0) is 24.5 Å². The Balaban J connectivity index is 2.13. The van der Waals surface area contributed by atoms with Gasteiger partial charge in [0.2, 0.25) is 11.5 Å². The van der Waals surface area contributed by atoms with Gasteiger partial charge < -0.3 is 30.4 Å². The van der Waals surface area contributed by atoms with E-state index in [1.807, 2.05) is 20.8 Å². The van der Waals surface area contributed by atoms with Gasteiger partial charge in [-0.1, -0.05) is 50.5 Å². The summed E-state index contributed by atoms with van der Waals surface area (Å²) in [5.74, 6) is -3.90. The fourth-order valence-electron chi connectivity index (χ4n) is 4.03. The van der Waals surface area contributed by atoms with Crippen LogP contribution in [0.1, 0.15) is 59.3 Å². The number of hydrogen-bond acceptors (Lipinski definition) is 8. The monoisotopic (exact) mass is 533 g/mol. The summed E-state index contributed by atoms with van der Waals surface area (Å²) in [4.78, 5) is 66.3. The number of rotatable bonds is 16. The maximum Gasteiger partial charge on any atom is 0.305 e. The molecule has 0 fully saturated rings. The van der Waals surface area contributed by atoms with Crippen molar-refractivity contribution in [2.75, 3.05) is 6.61 Å². The number of benzene rings is 1. The van der Waals surface area contributed by atoms with Crippen molar-refractivity contribution >= 4 is 35.2 Å². The molecule has 12 nitrogen and oxygen atoms in total. The number of Topliss-reactive ketones (excluding diaryl/α,β-unsaturated/α-hetero) is 1. The average Bonchev–Trinajstić information content (AvgIpc) is 3.29. The first-order valence-corrected chi connectivity index (χ1v) is 12.5. The van der Waals surface area contributed by atoms with E-state index >= 15 is 0 Å². The molecule has 12 heteroatoms. The van der Waals surface area contributed by atoms with E-state index in [0.717, 1.165) is 0 Å². The molecule has 2 amide bonds. The lowest BCUT2D eigenvalue weighted by atomic mass is 9.86. The lowest BCUT2D eigenvalue weighted by Gasteiger charge is -2.28. The number of carboxylic acids is 2. The van der Waals surface area contributed by atoms with E-state index < -0.39 is 60.2 Å². The number of ether oxygens (including phenoxy) is 1. The number of oxime groups is 1. The quantitative estimate of drug-likeness (QED) is 0.247. The molecule has 208 valence electrons. The van der Waals surface area contributed by atoms with E-state index in [1.165, 1.54) is 0 Å². The maximum absolute atomic E-state index is 13.4. The van der Waals surface area contributed by atoms with Gasteiger partial charge in [0.25, 0.3) is 5.91 Å². The van der Waals surface area contributed by atoms with Crippen LogP contribution in [0.3, 0.4) is 0 Å². The van der Waals surface area contributed by atoms with Crippen molar-refractivity contribution in [1.29, 1.82) is 0 Å². The molecule has 0 spiro atoms. The van der Waals surface area contributed by atoms with Crippen LogP contribution in [0.25, 0.3) is 0 Å². The topological polar surface area (TPSA) is 181 Å². The number of carboxylic acid groups (broad SMARTS) is 2. The Morgan fingerprint density at radius 2 is 1.74 bits per heavy atom. The molecule has 0 radical (unpaired) electrons. The van der Waals surface area contributed by atoms with Crippen LogP contribution in [0.2, 0.25) is 0 Å². The Morgan fingerprint density at radius 3 is 2.32 bits per heavy atom. The van der Waals surface area contributed by atoms with Crippen LogP contribution in [0.4, 0.5) is 0 Å². The normalized spacial score (nSPS) is 18.1. The van der Waals surface area contributed by atoms with Gasteiger partial charge in [0.15, 0.2) is 5.78 Å². The zero-order chi connectivity index (χ0) is 28.3.